The molecule has 0 saturated heterocycles. The van der Waals surface area contributed by atoms with Gasteiger partial charge in [-0.05, 0) is 58.2 Å². The van der Waals surface area contributed by atoms with Gasteiger partial charge in [-0.2, -0.15) is 10.1 Å². The molecular formula is C19H27N5O. The maximum Gasteiger partial charge on any atom is 0.251 e. The molecular weight excluding hydrogens is 314 g/mol. The maximum absolute atomic E-state index is 12.5. The average Bonchev–Trinajstić information content (AvgIpc) is 3.15. The van der Waals surface area contributed by atoms with E-state index in [1.165, 1.54) is 5.56 Å². The number of H-pyrrole nitrogens is 1. The van der Waals surface area contributed by atoms with Crippen LogP contribution in [0.5, 0.6) is 0 Å². The molecule has 1 aliphatic carbocycles. The van der Waals surface area contributed by atoms with Crippen LogP contribution >= 0.6 is 0 Å². The summed E-state index contributed by atoms with van der Waals surface area (Å²) in [5.74, 6) is 1.13. The number of carbonyl (C=O) groups excluding carboxylic acids is 1. The van der Waals surface area contributed by atoms with E-state index >= 15 is 0 Å². The first kappa shape index (κ1) is 17.5. The van der Waals surface area contributed by atoms with Crippen molar-refractivity contribution in [3.8, 4) is 0 Å². The number of fused-ring (bicyclic) bond motifs is 1. The van der Waals surface area contributed by atoms with Gasteiger partial charge in [0.15, 0.2) is 5.82 Å². The molecule has 0 bridgehead atoms. The molecule has 134 valence electrons. The van der Waals surface area contributed by atoms with Gasteiger partial charge in [0.05, 0.1) is 5.52 Å². The monoisotopic (exact) mass is 341 g/mol. The molecule has 25 heavy (non-hydrogen) atoms. The molecule has 0 spiro atoms. The van der Waals surface area contributed by atoms with E-state index in [2.05, 4.69) is 25.8 Å². The Kier molecular flexibility index (Phi) is 4.79. The Balaban J connectivity index is 1.87. The summed E-state index contributed by atoms with van der Waals surface area (Å²) in [5.41, 5.74) is 1.91. The number of rotatable bonds is 2. The Morgan fingerprint density at radius 3 is 2.68 bits per heavy atom. The fourth-order valence-electron chi connectivity index (χ4n) is 3.16. The van der Waals surface area contributed by atoms with Crippen LogP contribution in [0.2, 0.25) is 0 Å². The second kappa shape index (κ2) is 6.86. The molecule has 6 heteroatoms. The highest BCUT2D eigenvalue weighted by Crippen LogP contribution is 2.26. The van der Waals surface area contributed by atoms with Crippen molar-refractivity contribution in [3.05, 3.63) is 23.8 Å². The Morgan fingerprint density at radius 1 is 1.28 bits per heavy atom. The Morgan fingerprint density at radius 2 is 2.00 bits per heavy atom. The van der Waals surface area contributed by atoms with Crippen LogP contribution in [0.15, 0.2) is 23.2 Å². The average molecular weight is 341 g/mol. The highest BCUT2D eigenvalue weighted by Gasteiger charge is 2.24. The lowest BCUT2D eigenvalue weighted by molar-refractivity contribution is -0.121. The standard InChI is InChI=1S/C19H27N5O/c1-12-9-10-14-15(11-12)23-24-16(14)20-18(22-19(2,3)4)21-17(25)13-7-5-6-8-13/h9-11,13H,5-8H2,1-4H3,(H3,20,21,22,23,24,25). The number of benzene rings is 1. The largest absolute Gasteiger partial charge is 0.351 e. The molecule has 3 N–H and O–H groups in total. The van der Waals surface area contributed by atoms with Gasteiger partial charge in [0, 0.05) is 16.8 Å². The van der Waals surface area contributed by atoms with E-state index < -0.39 is 0 Å². The van der Waals surface area contributed by atoms with Gasteiger partial charge in [-0.15, -0.1) is 0 Å². The predicted molar refractivity (Wildman–Crippen MR) is 102 cm³/mol. The highest BCUT2D eigenvalue weighted by atomic mass is 16.1. The summed E-state index contributed by atoms with van der Waals surface area (Å²) in [6.45, 7) is 8.16. The summed E-state index contributed by atoms with van der Waals surface area (Å²) >= 11 is 0. The van der Waals surface area contributed by atoms with Crippen molar-refractivity contribution in [2.45, 2.75) is 58.9 Å². The number of anilines is 1. The SMILES string of the molecule is Cc1ccc2c(N/C(=N\C(=O)C3CCCC3)NC(C)(C)C)n[nH]c2c1. The van der Waals surface area contributed by atoms with Crippen molar-refractivity contribution in [3.63, 3.8) is 0 Å². The van der Waals surface area contributed by atoms with E-state index in [1.807, 2.05) is 45.9 Å². The number of nitrogens with one attached hydrogen (secondary N) is 3. The van der Waals surface area contributed by atoms with E-state index in [9.17, 15) is 4.79 Å². The summed E-state index contributed by atoms with van der Waals surface area (Å²) in [6.07, 6.45) is 4.11. The van der Waals surface area contributed by atoms with Crippen molar-refractivity contribution in [1.82, 2.24) is 15.5 Å². The first-order valence-corrected chi connectivity index (χ1v) is 8.94. The fraction of sp³-hybridized carbons (Fsp3) is 0.526. The minimum atomic E-state index is -0.218. The molecule has 1 heterocycles. The van der Waals surface area contributed by atoms with Crippen LogP contribution in [0.3, 0.4) is 0 Å². The summed E-state index contributed by atoms with van der Waals surface area (Å²) in [4.78, 5) is 16.8. The van der Waals surface area contributed by atoms with E-state index in [0.29, 0.717) is 11.8 Å². The first-order valence-electron chi connectivity index (χ1n) is 8.94. The van der Waals surface area contributed by atoms with Crippen molar-refractivity contribution in [2.24, 2.45) is 10.9 Å². The van der Waals surface area contributed by atoms with Crippen molar-refractivity contribution in [1.29, 1.82) is 0 Å². The second-order valence-electron chi connectivity index (χ2n) is 7.90. The normalized spacial score (nSPS) is 16.4. The zero-order valence-electron chi connectivity index (χ0n) is 15.4. The summed E-state index contributed by atoms with van der Waals surface area (Å²) in [6, 6.07) is 6.11. The lowest BCUT2D eigenvalue weighted by Gasteiger charge is -2.23. The predicted octanol–water partition coefficient (Wildman–Crippen LogP) is 3.74. The molecule has 6 nitrogen and oxygen atoms in total. The Bertz CT molecular complexity index is 794. The van der Waals surface area contributed by atoms with Crippen LogP contribution < -0.4 is 10.6 Å². The molecule has 1 aromatic heterocycles. The quantitative estimate of drug-likeness (QED) is 0.574. The zero-order valence-corrected chi connectivity index (χ0v) is 15.4. The van der Waals surface area contributed by atoms with Gasteiger partial charge >= 0.3 is 0 Å². The van der Waals surface area contributed by atoms with Gasteiger partial charge in [0.1, 0.15) is 0 Å². The van der Waals surface area contributed by atoms with Gasteiger partial charge in [-0.3, -0.25) is 9.89 Å². The minimum absolute atomic E-state index is 0.0487. The Labute approximate surface area is 148 Å². The molecule has 1 aromatic carbocycles. The first-order chi connectivity index (χ1) is 11.8. The molecule has 1 aliphatic rings. The second-order valence-corrected chi connectivity index (χ2v) is 7.90. The number of aliphatic imine (C=N–C) groups is 1. The Hall–Kier alpha value is -2.37. The topological polar surface area (TPSA) is 82.2 Å². The molecule has 1 fully saturated rings. The lowest BCUT2D eigenvalue weighted by atomic mass is 10.1. The zero-order chi connectivity index (χ0) is 18.0. The third-order valence-electron chi connectivity index (χ3n) is 4.37. The fourth-order valence-corrected chi connectivity index (χ4v) is 3.16. The number of carbonyl (C=O) groups is 1. The van der Waals surface area contributed by atoms with Crippen LogP contribution in [0, 0.1) is 12.8 Å². The van der Waals surface area contributed by atoms with Crippen LogP contribution in [0.1, 0.15) is 52.0 Å². The molecule has 1 saturated carbocycles. The molecule has 2 aromatic rings. The summed E-state index contributed by atoms with van der Waals surface area (Å²) in [5, 5.41) is 14.8. The highest BCUT2D eigenvalue weighted by molar-refractivity contribution is 6.05. The van der Waals surface area contributed by atoms with Gasteiger partial charge < -0.3 is 10.6 Å². The molecule has 0 radical (unpaired) electrons. The number of hydrogen-bond acceptors (Lipinski definition) is 2. The summed E-state index contributed by atoms with van der Waals surface area (Å²) < 4.78 is 0. The van der Waals surface area contributed by atoms with E-state index in [1.54, 1.807) is 0 Å². The third-order valence-corrected chi connectivity index (χ3v) is 4.37. The van der Waals surface area contributed by atoms with Crippen LogP contribution in [-0.4, -0.2) is 27.6 Å². The number of aromatic amines is 1. The molecule has 0 unspecified atom stereocenters. The number of hydrogen-bond donors (Lipinski definition) is 3. The van der Waals surface area contributed by atoms with Gasteiger partial charge in [-0.25, -0.2) is 0 Å². The molecule has 1 amide bonds. The van der Waals surface area contributed by atoms with E-state index in [0.717, 1.165) is 36.6 Å². The number of aryl methyl sites for hydroxylation is 1. The third kappa shape index (κ3) is 4.38. The number of amides is 1. The van der Waals surface area contributed by atoms with Crippen LogP contribution in [0.4, 0.5) is 5.82 Å². The minimum Gasteiger partial charge on any atom is -0.351 e. The van der Waals surface area contributed by atoms with Gasteiger partial charge in [0.25, 0.3) is 5.91 Å². The van der Waals surface area contributed by atoms with Gasteiger partial charge in [-0.1, -0.05) is 18.9 Å². The van der Waals surface area contributed by atoms with Crippen LogP contribution in [0.25, 0.3) is 10.9 Å². The van der Waals surface area contributed by atoms with E-state index in [4.69, 9.17) is 0 Å². The molecule has 0 aliphatic heterocycles. The molecule has 0 atom stereocenters. The molecule has 3 rings (SSSR count). The van der Waals surface area contributed by atoms with E-state index in [-0.39, 0.29) is 17.4 Å². The maximum atomic E-state index is 12.5. The van der Waals surface area contributed by atoms with Crippen molar-refractivity contribution in [2.75, 3.05) is 5.32 Å². The van der Waals surface area contributed by atoms with Crippen LogP contribution in [-0.2, 0) is 4.79 Å². The van der Waals surface area contributed by atoms with Gasteiger partial charge in [0.2, 0.25) is 5.96 Å². The number of guanidine groups is 1. The number of nitrogens with zero attached hydrogens (tertiary/aromatic N) is 2. The summed E-state index contributed by atoms with van der Waals surface area (Å²) in [7, 11) is 0. The van der Waals surface area contributed by atoms with Crippen molar-refractivity contribution < 1.29 is 4.79 Å². The smallest absolute Gasteiger partial charge is 0.251 e. The van der Waals surface area contributed by atoms with Crippen molar-refractivity contribution >= 4 is 28.6 Å². The lowest BCUT2D eigenvalue weighted by Crippen LogP contribution is -2.45. The number of aromatic nitrogens is 2.